The summed E-state index contributed by atoms with van der Waals surface area (Å²) < 4.78 is 0. The molecule has 1 heterocycles. The van der Waals surface area contributed by atoms with Crippen LogP contribution in [0.2, 0.25) is 0 Å². The number of aliphatic hydroxyl groups excluding tert-OH is 2. The Kier molecular flexibility index (Phi) is 15.3. The summed E-state index contributed by atoms with van der Waals surface area (Å²) >= 11 is 0. The number of carbonyl (C=O) groups excluding carboxylic acids is 1. The molecule has 0 aliphatic carbocycles. The Morgan fingerprint density at radius 3 is 2.59 bits per heavy atom. The third-order valence-electron chi connectivity index (χ3n) is 4.74. The average molecular weight is 438 g/mol. The molecule has 3 unspecified atom stereocenters. The van der Waals surface area contributed by atoms with Gasteiger partial charge in [-0.2, -0.15) is 0 Å². The minimum Gasteiger partial charge on any atom is -0.393 e. The minimum atomic E-state index is -0.717. The van der Waals surface area contributed by atoms with Crippen LogP contribution in [0.25, 0.3) is 0 Å². The third-order valence-corrected chi connectivity index (χ3v) is 4.74. The lowest BCUT2D eigenvalue weighted by Gasteiger charge is -2.14. The van der Waals surface area contributed by atoms with Gasteiger partial charge in [-0.1, -0.05) is 104 Å². The summed E-state index contributed by atoms with van der Waals surface area (Å²) in [5, 5.41) is 23.1. The van der Waals surface area contributed by atoms with Gasteiger partial charge in [-0.3, -0.25) is 4.79 Å². The van der Waals surface area contributed by atoms with Crippen LogP contribution in [0.3, 0.4) is 0 Å². The van der Waals surface area contributed by atoms with E-state index in [4.69, 9.17) is 0 Å². The van der Waals surface area contributed by atoms with Crippen molar-refractivity contribution in [3.05, 3.63) is 96.7 Å². The second kappa shape index (κ2) is 17.9. The van der Waals surface area contributed by atoms with Crippen LogP contribution in [0.4, 0.5) is 0 Å². The Labute approximate surface area is 193 Å². The van der Waals surface area contributed by atoms with Gasteiger partial charge in [0.25, 0.3) is 0 Å². The van der Waals surface area contributed by atoms with E-state index in [1.165, 1.54) is 6.08 Å². The van der Waals surface area contributed by atoms with Crippen molar-refractivity contribution >= 4 is 5.91 Å². The molecule has 3 atom stereocenters. The number of allylic oxidation sites excluding steroid dienone is 11. The third kappa shape index (κ3) is 15.2. The van der Waals surface area contributed by atoms with Crippen molar-refractivity contribution in [3.63, 3.8) is 0 Å². The number of hydrogen-bond acceptors (Lipinski definition) is 3. The second-order valence-corrected chi connectivity index (χ2v) is 7.88. The molecule has 32 heavy (non-hydrogen) atoms. The van der Waals surface area contributed by atoms with Crippen molar-refractivity contribution in [2.75, 3.05) is 0 Å². The fraction of sp³-hybridized carbons (Fsp3) is 0.393. The van der Waals surface area contributed by atoms with Crippen LogP contribution in [0, 0.1) is 0 Å². The van der Waals surface area contributed by atoms with E-state index < -0.39 is 12.2 Å². The van der Waals surface area contributed by atoms with Gasteiger partial charge in [-0.15, -0.1) is 0 Å². The molecule has 1 aliphatic heterocycles. The highest BCUT2D eigenvalue weighted by atomic mass is 16.3. The molecular formula is C28H39NO3. The number of unbranched alkanes of at least 4 members (excludes halogenated alkanes) is 1. The molecule has 0 radical (unpaired) electrons. The van der Waals surface area contributed by atoms with Crippen LogP contribution in [-0.2, 0) is 4.79 Å². The van der Waals surface area contributed by atoms with Gasteiger partial charge in [0.05, 0.1) is 12.2 Å². The summed E-state index contributed by atoms with van der Waals surface area (Å²) in [5.41, 5.74) is 1.07. The zero-order chi connectivity index (χ0) is 23.4. The lowest BCUT2D eigenvalue weighted by atomic mass is 10.1. The van der Waals surface area contributed by atoms with E-state index in [9.17, 15) is 15.0 Å². The van der Waals surface area contributed by atoms with E-state index in [1.54, 1.807) is 30.4 Å². The van der Waals surface area contributed by atoms with Crippen LogP contribution in [-0.4, -0.2) is 34.4 Å². The van der Waals surface area contributed by atoms with Gasteiger partial charge in [0, 0.05) is 18.5 Å². The summed E-state index contributed by atoms with van der Waals surface area (Å²) in [6, 6.07) is 0.00300. The van der Waals surface area contributed by atoms with Crippen molar-refractivity contribution in [3.8, 4) is 0 Å². The van der Waals surface area contributed by atoms with Crippen molar-refractivity contribution in [1.82, 2.24) is 5.32 Å². The first-order valence-electron chi connectivity index (χ1n) is 11.5. The highest BCUT2D eigenvalue weighted by Crippen LogP contribution is 2.08. The summed E-state index contributed by atoms with van der Waals surface area (Å²) in [7, 11) is 0. The molecule has 0 saturated heterocycles. The Bertz CT molecular complexity index is 766. The first-order chi connectivity index (χ1) is 15.5. The largest absolute Gasteiger partial charge is 0.393 e. The molecule has 0 fully saturated rings. The van der Waals surface area contributed by atoms with Gasteiger partial charge >= 0.3 is 0 Å². The van der Waals surface area contributed by atoms with Crippen molar-refractivity contribution < 1.29 is 15.0 Å². The Morgan fingerprint density at radius 1 is 1.00 bits per heavy atom. The Morgan fingerprint density at radius 2 is 1.78 bits per heavy atom. The normalized spacial score (nSPS) is 30.8. The molecular weight excluding hydrogens is 398 g/mol. The molecule has 0 aromatic carbocycles. The Balaban J connectivity index is 2.87. The van der Waals surface area contributed by atoms with Crippen LogP contribution >= 0.6 is 0 Å². The number of rotatable bonds is 5. The zero-order valence-electron chi connectivity index (χ0n) is 19.4. The molecule has 0 bridgehead atoms. The lowest BCUT2D eigenvalue weighted by molar-refractivity contribution is -0.117. The molecule has 0 saturated carbocycles. The lowest BCUT2D eigenvalue weighted by Crippen LogP contribution is -2.32. The van der Waals surface area contributed by atoms with Gasteiger partial charge in [-0.05, 0) is 32.6 Å². The zero-order valence-corrected chi connectivity index (χ0v) is 19.4. The van der Waals surface area contributed by atoms with E-state index >= 15 is 0 Å². The first-order valence-corrected chi connectivity index (χ1v) is 11.5. The van der Waals surface area contributed by atoms with Gasteiger partial charge < -0.3 is 15.5 Å². The summed E-state index contributed by atoms with van der Waals surface area (Å²) in [6.45, 7) is 4.15. The van der Waals surface area contributed by atoms with Crippen molar-refractivity contribution in [2.45, 2.75) is 70.6 Å². The summed E-state index contributed by atoms with van der Waals surface area (Å²) in [6.07, 6.45) is 31.4. The van der Waals surface area contributed by atoms with Gasteiger partial charge in [-0.25, -0.2) is 0 Å². The Hall–Kier alpha value is -2.69. The monoisotopic (exact) mass is 437 g/mol. The van der Waals surface area contributed by atoms with Gasteiger partial charge in [0.1, 0.15) is 0 Å². The van der Waals surface area contributed by atoms with E-state index in [-0.39, 0.29) is 18.4 Å². The van der Waals surface area contributed by atoms with Gasteiger partial charge in [0.15, 0.2) is 0 Å². The maximum Gasteiger partial charge on any atom is 0.244 e. The number of carbonyl (C=O) groups is 1. The van der Waals surface area contributed by atoms with E-state index in [0.29, 0.717) is 6.42 Å². The van der Waals surface area contributed by atoms with Crippen LogP contribution in [0.1, 0.15) is 52.4 Å². The van der Waals surface area contributed by atoms with Crippen LogP contribution in [0.5, 0.6) is 0 Å². The highest BCUT2D eigenvalue weighted by molar-refractivity contribution is 5.88. The maximum atomic E-state index is 12.3. The second-order valence-electron chi connectivity index (χ2n) is 7.88. The van der Waals surface area contributed by atoms with Crippen molar-refractivity contribution in [2.24, 2.45) is 0 Å². The van der Waals surface area contributed by atoms with E-state index in [1.807, 2.05) is 37.3 Å². The molecule has 0 aromatic rings. The van der Waals surface area contributed by atoms with Crippen LogP contribution in [0.15, 0.2) is 96.7 Å². The average Bonchev–Trinajstić information content (AvgIpc) is 2.75. The predicted octanol–water partition coefficient (Wildman–Crippen LogP) is 5.41. The topological polar surface area (TPSA) is 69.6 Å². The number of aliphatic hydroxyl groups is 2. The van der Waals surface area contributed by atoms with Gasteiger partial charge in [0.2, 0.25) is 5.91 Å². The molecule has 4 nitrogen and oxygen atoms in total. The molecule has 174 valence electrons. The highest BCUT2D eigenvalue weighted by Gasteiger charge is 2.08. The standard InChI is InChI=1S/C28H39NO3/c1-3-4-5-6-7-10-18-25-19-14-13-16-24(2)17-15-21-27(31)23-26(30)20-11-8-9-12-22-28(32)29-25/h5-17,20,22,25-27,30-31H,3-4,18-19,21,23H2,1-2H3,(H,29,32)/b6-5+,9-8+,10-7+,14-13+,17-15+,20-11+,22-12+,24-16+. The molecule has 3 N–H and O–H groups in total. The molecule has 1 amide bonds. The molecule has 1 rings (SSSR count). The molecule has 4 heteroatoms. The minimum absolute atomic E-state index is 0.00300. The SMILES string of the molecule is CCC/C=C/C=C/CC1C/C=C/C=C(C)/C=C/CC(O)CC(O)/C=C/C=C/C=C/C(=O)N1. The fourth-order valence-electron chi connectivity index (χ4n) is 2.97. The summed E-state index contributed by atoms with van der Waals surface area (Å²) in [5.74, 6) is -0.140. The quantitative estimate of drug-likeness (QED) is 0.504. The maximum absolute atomic E-state index is 12.3. The fourth-order valence-corrected chi connectivity index (χ4v) is 2.97. The van der Waals surface area contributed by atoms with E-state index in [0.717, 1.165) is 31.3 Å². The number of nitrogens with one attached hydrogen (secondary N) is 1. The first kappa shape index (κ1) is 27.3. The van der Waals surface area contributed by atoms with Crippen molar-refractivity contribution in [1.29, 1.82) is 0 Å². The molecule has 0 aromatic heterocycles. The number of amides is 1. The van der Waals surface area contributed by atoms with E-state index in [2.05, 4.69) is 36.5 Å². The number of hydrogen-bond donors (Lipinski definition) is 3. The summed E-state index contributed by atoms with van der Waals surface area (Å²) in [4.78, 5) is 12.3. The smallest absolute Gasteiger partial charge is 0.244 e. The molecule has 1 aliphatic rings. The predicted molar refractivity (Wildman–Crippen MR) is 135 cm³/mol. The van der Waals surface area contributed by atoms with Crippen LogP contribution < -0.4 is 5.32 Å². The molecule has 0 spiro atoms.